The van der Waals surface area contributed by atoms with Crippen molar-refractivity contribution < 1.29 is 9.84 Å². The van der Waals surface area contributed by atoms with Crippen LogP contribution in [0.2, 0.25) is 0 Å². The molecule has 0 saturated carbocycles. The summed E-state index contributed by atoms with van der Waals surface area (Å²) in [6.45, 7) is 6.41. The van der Waals surface area contributed by atoms with E-state index in [1.54, 1.807) is 0 Å². The molecule has 0 bridgehead atoms. The van der Waals surface area contributed by atoms with E-state index in [4.69, 9.17) is 4.74 Å². The van der Waals surface area contributed by atoms with Crippen molar-refractivity contribution in [1.29, 1.82) is 0 Å². The summed E-state index contributed by atoms with van der Waals surface area (Å²) in [6, 6.07) is 11.2. The Bertz CT molecular complexity index is 634. The molecule has 0 radical (unpaired) electrons. The summed E-state index contributed by atoms with van der Waals surface area (Å²) in [6.07, 6.45) is 3.47. The van der Waals surface area contributed by atoms with E-state index in [-0.39, 0.29) is 18.3 Å². The number of thiophene rings is 1. The summed E-state index contributed by atoms with van der Waals surface area (Å²) in [5.41, 5.74) is 4.08. The molecule has 0 spiro atoms. The molecule has 3 rings (SSSR count). The summed E-state index contributed by atoms with van der Waals surface area (Å²) in [5.74, 6) is 0. The number of aliphatic hydroxyl groups excluding tert-OH is 1. The summed E-state index contributed by atoms with van der Waals surface area (Å²) in [4.78, 5) is 2.66. The third kappa shape index (κ3) is 4.03. The molecule has 0 aliphatic carbocycles. The number of rotatable bonds is 4. The maximum atomic E-state index is 10.00. The van der Waals surface area contributed by atoms with E-state index < -0.39 is 0 Å². The number of aryl methyl sites for hydroxylation is 2. The molecule has 3 atom stereocenters. The van der Waals surface area contributed by atoms with Gasteiger partial charge in [0.05, 0.1) is 18.3 Å². The monoisotopic (exact) mass is 330 g/mol. The van der Waals surface area contributed by atoms with Crippen LogP contribution in [0.25, 0.3) is 0 Å². The predicted octanol–water partition coefficient (Wildman–Crippen LogP) is 4.81. The number of hydrogen-bond acceptors (Lipinski definition) is 3. The van der Waals surface area contributed by atoms with Crippen LogP contribution in [-0.2, 0) is 17.6 Å². The van der Waals surface area contributed by atoms with Crippen LogP contribution in [0, 0.1) is 6.92 Å². The van der Waals surface area contributed by atoms with E-state index >= 15 is 0 Å². The van der Waals surface area contributed by atoms with E-state index in [1.165, 1.54) is 26.4 Å². The van der Waals surface area contributed by atoms with Gasteiger partial charge in [0.25, 0.3) is 0 Å². The lowest BCUT2D eigenvalue weighted by atomic mass is 10.0. The van der Waals surface area contributed by atoms with Crippen LogP contribution in [0.4, 0.5) is 0 Å². The minimum absolute atomic E-state index is 0.0497. The van der Waals surface area contributed by atoms with Crippen molar-refractivity contribution in [3.8, 4) is 0 Å². The van der Waals surface area contributed by atoms with Crippen LogP contribution in [0.15, 0.2) is 30.3 Å². The summed E-state index contributed by atoms with van der Waals surface area (Å²) in [5, 5.41) is 10.00. The molecule has 0 amide bonds. The first-order chi connectivity index (χ1) is 11.0. The van der Waals surface area contributed by atoms with Crippen molar-refractivity contribution in [1.82, 2.24) is 0 Å². The van der Waals surface area contributed by atoms with Crippen LogP contribution < -0.4 is 0 Å². The van der Waals surface area contributed by atoms with Crippen LogP contribution in [0.5, 0.6) is 0 Å². The van der Waals surface area contributed by atoms with Gasteiger partial charge in [-0.05, 0) is 49.4 Å². The van der Waals surface area contributed by atoms with Gasteiger partial charge in [-0.15, -0.1) is 11.3 Å². The van der Waals surface area contributed by atoms with Gasteiger partial charge >= 0.3 is 0 Å². The zero-order chi connectivity index (χ0) is 16.4. The fraction of sp³-hybridized carbons (Fsp3) is 0.500. The van der Waals surface area contributed by atoms with Gasteiger partial charge in [0.15, 0.2) is 0 Å². The average Bonchev–Trinajstić information content (AvgIpc) is 2.88. The molecule has 1 aromatic heterocycles. The zero-order valence-corrected chi connectivity index (χ0v) is 15.0. The Morgan fingerprint density at radius 3 is 2.52 bits per heavy atom. The Morgan fingerprint density at radius 2 is 1.87 bits per heavy atom. The second kappa shape index (κ2) is 7.16. The van der Waals surface area contributed by atoms with Crippen LogP contribution >= 0.6 is 11.3 Å². The molecule has 2 nitrogen and oxygen atoms in total. The predicted molar refractivity (Wildman–Crippen MR) is 96.2 cm³/mol. The maximum Gasteiger partial charge on any atom is 0.0945 e. The van der Waals surface area contributed by atoms with Gasteiger partial charge in [-0.1, -0.05) is 31.2 Å². The molecular formula is C20H26O2S. The van der Waals surface area contributed by atoms with Gasteiger partial charge in [0, 0.05) is 22.6 Å². The van der Waals surface area contributed by atoms with Crippen molar-refractivity contribution >= 4 is 11.3 Å². The first kappa shape index (κ1) is 16.7. The zero-order valence-electron chi connectivity index (χ0n) is 14.2. The van der Waals surface area contributed by atoms with E-state index in [1.807, 2.05) is 18.3 Å². The molecule has 1 aliphatic heterocycles. The largest absolute Gasteiger partial charge is 0.393 e. The third-order valence-corrected chi connectivity index (χ3v) is 5.97. The quantitative estimate of drug-likeness (QED) is 0.871. The minimum Gasteiger partial charge on any atom is -0.393 e. The smallest absolute Gasteiger partial charge is 0.0945 e. The number of ether oxygens (including phenoxy) is 1. The number of aliphatic hydroxyl groups is 1. The fourth-order valence-corrected chi connectivity index (χ4v) is 4.52. The first-order valence-electron chi connectivity index (χ1n) is 8.55. The van der Waals surface area contributed by atoms with Gasteiger partial charge < -0.3 is 9.84 Å². The number of benzene rings is 1. The Morgan fingerprint density at radius 1 is 1.17 bits per heavy atom. The molecule has 3 heteroatoms. The maximum absolute atomic E-state index is 10.00. The van der Waals surface area contributed by atoms with Crippen LogP contribution in [0.1, 0.15) is 59.2 Å². The lowest BCUT2D eigenvalue weighted by Crippen LogP contribution is -2.28. The average molecular weight is 330 g/mol. The molecule has 2 heterocycles. The standard InChI is InChI=1S/C20H26O2S/c1-4-15-5-7-16(8-6-15)11-19-13(2)9-20(23-19)18-12-17(21)10-14(3)22-18/h5-9,14,17-18,21H,4,10-12H2,1-3H3. The van der Waals surface area contributed by atoms with E-state index in [9.17, 15) is 5.11 Å². The molecule has 1 saturated heterocycles. The molecule has 1 fully saturated rings. The van der Waals surface area contributed by atoms with Gasteiger partial charge in [-0.25, -0.2) is 0 Å². The van der Waals surface area contributed by atoms with Crippen molar-refractivity contribution in [2.75, 3.05) is 0 Å². The first-order valence-corrected chi connectivity index (χ1v) is 9.37. The van der Waals surface area contributed by atoms with Crippen LogP contribution in [-0.4, -0.2) is 17.3 Å². The molecule has 23 heavy (non-hydrogen) atoms. The van der Waals surface area contributed by atoms with Gasteiger partial charge in [0.2, 0.25) is 0 Å². The molecule has 1 N–H and O–H groups in total. The van der Waals surface area contributed by atoms with Crippen molar-refractivity contribution in [2.45, 2.75) is 64.8 Å². The Labute approximate surface area is 143 Å². The van der Waals surface area contributed by atoms with Crippen molar-refractivity contribution in [3.05, 3.63) is 56.8 Å². The number of hydrogen-bond donors (Lipinski definition) is 1. The topological polar surface area (TPSA) is 29.5 Å². The summed E-state index contributed by atoms with van der Waals surface area (Å²) in [7, 11) is 0. The fourth-order valence-electron chi connectivity index (χ4n) is 3.26. The van der Waals surface area contributed by atoms with Gasteiger partial charge in [-0.2, -0.15) is 0 Å². The lowest BCUT2D eigenvalue weighted by molar-refractivity contribution is -0.0881. The summed E-state index contributed by atoms with van der Waals surface area (Å²) >= 11 is 1.84. The highest BCUT2D eigenvalue weighted by atomic mass is 32.1. The lowest BCUT2D eigenvalue weighted by Gasteiger charge is -2.30. The van der Waals surface area contributed by atoms with E-state index in [0.29, 0.717) is 0 Å². The van der Waals surface area contributed by atoms with Crippen LogP contribution in [0.3, 0.4) is 0 Å². The van der Waals surface area contributed by atoms with Crippen molar-refractivity contribution in [3.63, 3.8) is 0 Å². The molecule has 1 aromatic carbocycles. The highest BCUT2D eigenvalue weighted by Gasteiger charge is 2.28. The molecule has 1 aliphatic rings. The normalized spacial score (nSPS) is 24.8. The molecular weight excluding hydrogens is 304 g/mol. The highest BCUT2D eigenvalue weighted by Crippen LogP contribution is 2.37. The third-order valence-electron chi connectivity index (χ3n) is 4.64. The Hall–Kier alpha value is -1.16. The Kier molecular flexibility index (Phi) is 5.20. The van der Waals surface area contributed by atoms with Crippen molar-refractivity contribution in [2.24, 2.45) is 0 Å². The minimum atomic E-state index is -0.240. The molecule has 2 aromatic rings. The van der Waals surface area contributed by atoms with Gasteiger partial charge in [0.1, 0.15) is 0 Å². The SMILES string of the molecule is CCc1ccc(Cc2sc(C3CC(O)CC(C)O3)cc2C)cc1. The summed E-state index contributed by atoms with van der Waals surface area (Å²) < 4.78 is 6.04. The van der Waals surface area contributed by atoms with Gasteiger partial charge in [-0.3, -0.25) is 0 Å². The highest BCUT2D eigenvalue weighted by molar-refractivity contribution is 7.12. The Balaban J connectivity index is 1.75. The second-order valence-electron chi connectivity index (χ2n) is 6.66. The van der Waals surface area contributed by atoms with E-state index in [0.717, 1.165) is 25.7 Å². The molecule has 3 unspecified atom stereocenters. The molecule has 124 valence electrons. The van der Waals surface area contributed by atoms with E-state index in [2.05, 4.69) is 44.2 Å². The second-order valence-corrected chi connectivity index (χ2v) is 7.83.